The first-order valence-corrected chi connectivity index (χ1v) is 8.93. The molecular weight excluding hydrogens is 314 g/mol. The molecule has 0 radical (unpaired) electrons. The average Bonchev–Trinajstić information content (AvgIpc) is 3.26. The number of amidine groups is 2. The number of nitrogens with one attached hydrogen (secondary N) is 1. The van der Waals surface area contributed by atoms with Crippen LogP contribution in [0.2, 0.25) is 0 Å². The van der Waals surface area contributed by atoms with Crippen LogP contribution < -0.4 is 11.2 Å². The van der Waals surface area contributed by atoms with Crippen LogP contribution in [0.3, 0.4) is 0 Å². The van der Waals surface area contributed by atoms with E-state index in [1.807, 2.05) is 12.2 Å². The molecule has 4 rings (SSSR count). The molecular formula is C19H25N5O. The van der Waals surface area contributed by atoms with Gasteiger partial charge in [0.25, 0.3) is 0 Å². The van der Waals surface area contributed by atoms with Crippen molar-refractivity contribution in [1.82, 2.24) is 10.4 Å². The van der Waals surface area contributed by atoms with E-state index in [9.17, 15) is 0 Å². The lowest BCUT2D eigenvalue weighted by molar-refractivity contribution is 0.0283. The van der Waals surface area contributed by atoms with Gasteiger partial charge in [-0.2, -0.15) is 0 Å². The Morgan fingerprint density at radius 2 is 2.20 bits per heavy atom. The van der Waals surface area contributed by atoms with Gasteiger partial charge in [0.15, 0.2) is 0 Å². The summed E-state index contributed by atoms with van der Waals surface area (Å²) in [6.07, 6.45) is 6.21. The van der Waals surface area contributed by atoms with Crippen molar-refractivity contribution >= 4 is 11.7 Å². The predicted molar refractivity (Wildman–Crippen MR) is 99.4 cm³/mol. The Balaban J connectivity index is 1.48. The van der Waals surface area contributed by atoms with Gasteiger partial charge in [-0.1, -0.05) is 24.3 Å². The summed E-state index contributed by atoms with van der Waals surface area (Å²) in [5, 5.41) is 2.11. The number of hydrazine groups is 1. The average molecular weight is 339 g/mol. The van der Waals surface area contributed by atoms with Crippen LogP contribution in [-0.2, 0) is 11.3 Å². The monoisotopic (exact) mass is 339 g/mol. The molecule has 25 heavy (non-hydrogen) atoms. The van der Waals surface area contributed by atoms with Crippen LogP contribution in [-0.4, -0.2) is 42.0 Å². The SMILES string of the molecule is CC1(CN=C2C=CC3=NCC(c4ccc(CN)cc4)N3N2)CCCO1. The van der Waals surface area contributed by atoms with Gasteiger partial charge in [0, 0.05) is 13.2 Å². The summed E-state index contributed by atoms with van der Waals surface area (Å²) in [6.45, 7) is 4.96. The second-order valence-electron chi connectivity index (χ2n) is 7.08. The molecule has 0 aromatic heterocycles. The Hall–Kier alpha value is -2.18. The lowest BCUT2D eigenvalue weighted by Gasteiger charge is -2.31. The summed E-state index contributed by atoms with van der Waals surface area (Å²) in [4.78, 5) is 9.37. The minimum absolute atomic E-state index is 0.126. The number of fused-ring (bicyclic) bond motifs is 1. The van der Waals surface area contributed by atoms with Gasteiger partial charge < -0.3 is 10.5 Å². The smallest absolute Gasteiger partial charge is 0.143 e. The molecule has 0 amide bonds. The maximum absolute atomic E-state index is 5.82. The van der Waals surface area contributed by atoms with E-state index in [1.54, 1.807) is 0 Å². The first-order chi connectivity index (χ1) is 12.2. The Morgan fingerprint density at radius 3 is 2.92 bits per heavy atom. The third-order valence-corrected chi connectivity index (χ3v) is 5.09. The van der Waals surface area contributed by atoms with Gasteiger partial charge in [0.05, 0.1) is 24.7 Å². The second kappa shape index (κ2) is 6.61. The summed E-state index contributed by atoms with van der Waals surface area (Å²) in [6, 6.07) is 8.61. The number of rotatable bonds is 4. The molecule has 1 saturated heterocycles. The largest absolute Gasteiger partial charge is 0.373 e. The maximum atomic E-state index is 5.82. The zero-order valence-corrected chi connectivity index (χ0v) is 14.6. The second-order valence-corrected chi connectivity index (χ2v) is 7.08. The van der Waals surface area contributed by atoms with E-state index in [0.29, 0.717) is 13.1 Å². The molecule has 2 unspecified atom stereocenters. The van der Waals surface area contributed by atoms with Crippen LogP contribution in [0.4, 0.5) is 0 Å². The molecule has 6 nitrogen and oxygen atoms in total. The van der Waals surface area contributed by atoms with Crippen molar-refractivity contribution in [1.29, 1.82) is 0 Å². The first-order valence-electron chi connectivity index (χ1n) is 8.93. The van der Waals surface area contributed by atoms with Gasteiger partial charge >= 0.3 is 0 Å². The zero-order valence-electron chi connectivity index (χ0n) is 14.6. The van der Waals surface area contributed by atoms with Crippen LogP contribution in [0.1, 0.15) is 36.9 Å². The Morgan fingerprint density at radius 1 is 1.36 bits per heavy atom. The number of aliphatic imine (C=N–C) groups is 2. The van der Waals surface area contributed by atoms with Crippen molar-refractivity contribution in [3.63, 3.8) is 0 Å². The van der Waals surface area contributed by atoms with Crippen molar-refractivity contribution in [3.8, 4) is 0 Å². The summed E-state index contributed by atoms with van der Waals surface area (Å²) < 4.78 is 5.82. The lowest BCUT2D eigenvalue weighted by Crippen LogP contribution is -2.47. The highest BCUT2D eigenvalue weighted by molar-refractivity contribution is 6.07. The third kappa shape index (κ3) is 3.32. The fraction of sp³-hybridized carbons (Fsp3) is 0.474. The molecule has 1 fully saturated rings. The maximum Gasteiger partial charge on any atom is 0.143 e. The highest BCUT2D eigenvalue weighted by atomic mass is 16.5. The van der Waals surface area contributed by atoms with Gasteiger partial charge in [-0.25, -0.2) is 0 Å². The normalized spacial score (nSPS) is 29.7. The molecule has 3 aliphatic heterocycles. The van der Waals surface area contributed by atoms with Gasteiger partial charge in [-0.3, -0.25) is 20.4 Å². The van der Waals surface area contributed by atoms with Crippen molar-refractivity contribution in [3.05, 3.63) is 47.5 Å². The highest BCUT2D eigenvalue weighted by Crippen LogP contribution is 2.28. The number of ether oxygens (including phenoxy) is 1. The molecule has 2 atom stereocenters. The lowest BCUT2D eigenvalue weighted by atomic mass is 10.0. The molecule has 0 bridgehead atoms. The summed E-state index contributed by atoms with van der Waals surface area (Å²) in [5.41, 5.74) is 11.4. The predicted octanol–water partition coefficient (Wildman–Crippen LogP) is 1.94. The van der Waals surface area contributed by atoms with E-state index in [2.05, 4.69) is 46.6 Å². The molecule has 3 heterocycles. The Bertz CT molecular complexity index is 716. The van der Waals surface area contributed by atoms with E-state index >= 15 is 0 Å². The molecule has 1 aromatic rings. The Kier molecular flexibility index (Phi) is 4.31. The zero-order chi connectivity index (χ0) is 17.3. The molecule has 0 spiro atoms. The minimum atomic E-state index is -0.126. The molecule has 6 heteroatoms. The van der Waals surface area contributed by atoms with Crippen molar-refractivity contribution in [2.45, 2.75) is 38.0 Å². The van der Waals surface area contributed by atoms with Crippen molar-refractivity contribution < 1.29 is 4.74 Å². The summed E-state index contributed by atoms with van der Waals surface area (Å²) >= 11 is 0. The van der Waals surface area contributed by atoms with E-state index in [4.69, 9.17) is 15.5 Å². The molecule has 1 aromatic carbocycles. The summed E-state index contributed by atoms with van der Waals surface area (Å²) in [7, 11) is 0. The number of hydrogen-bond acceptors (Lipinski definition) is 5. The quantitative estimate of drug-likeness (QED) is 0.879. The van der Waals surface area contributed by atoms with Gasteiger partial charge in [-0.15, -0.1) is 0 Å². The van der Waals surface area contributed by atoms with E-state index in [-0.39, 0.29) is 11.6 Å². The number of nitrogens with zero attached hydrogens (tertiary/aromatic N) is 3. The third-order valence-electron chi connectivity index (χ3n) is 5.09. The van der Waals surface area contributed by atoms with Gasteiger partial charge in [-0.05, 0) is 43.0 Å². The van der Waals surface area contributed by atoms with E-state index in [1.165, 1.54) is 5.56 Å². The van der Waals surface area contributed by atoms with Crippen molar-refractivity contribution in [2.24, 2.45) is 15.7 Å². The van der Waals surface area contributed by atoms with Crippen LogP contribution in [0.5, 0.6) is 0 Å². The molecule has 3 N–H and O–H groups in total. The number of hydrogen-bond donors (Lipinski definition) is 2. The standard InChI is InChI=1S/C19H25N5O/c1-19(9-2-10-25-19)13-22-17-7-8-18-21-12-16(24(18)23-17)15-5-3-14(11-20)4-6-15/h3-8,16H,2,9-13,20H2,1H3,(H,22,23). The summed E-state index contributed by atoms with van der Waals surface area (Å²) in [5.74, 6) is 1.82. The molecule has 132 valence electrons. The van der Waals surface area contributed by atoms with E-state index in [0.717, 1.165) is 43.2 Å². The number of benzene rings is 1. The van der Waals surface area contributed by atoms with Crippen LogP contribution in [0.15, 0.2) is 46.4 Å². The van der Waals surface area contributed by atoms with Crippen LogP contribution in [0, 0.1) is 0 Å². The molecule has 0 saturated carbocycles. The topological polar surface area (TPSA) is 75.2 Å². The van der Waals surface area contributed by atoms with Crippen LogP contribution >= 0.6 is 0 Å². The van der Waals surface area contributed by atoms with Gasteiger partial charge in [0.2, 0.25) is 0 Å². The number of nitrogens with two attached hydrogens (primary N) is 1. The highest BCUT2D eigenvalue weighted by Gasteiger charge is 2.32. The fourth-order valence-electron chi connectivity index (χ4n) is 3.51. The minimum Gasteiger partial charge on any atom is -0.373 e. The van der Waals surface area contributed by atoms with Gasteiger partial charge in [0.1, 0.15) is 11.7 Å². The Labute approximate surface area is 148 Å². The molecule has 3 aliphatic rings. The van der Waals surface area contributed by atoms with Crippen LogP contribution in [0.25, 0.3) is 0 Å². The fourth-order valence-corrected chi connectivity index (χ4v) is 3.51. The first kappa shape index (κ1) is 16.3. The van der Waals surface area contributed by atoms with Crippen molar-refractivity contribution in [2.75, 3.05) is 19.7 Å². The molecule has 0 aliphatic carbocycles. The van der Waals surface area contributed by atoms with E-state index < -0.39 is 0 Å².